The van der Waals surface area contributed by atoms with Gasteiger partial charge in [0.25, 0.3) is 0 Å². The van der Waals surface area contributed by atoms with Crippen molar-refractivity contribution in [2.24, 2.45) is 0 Å². The summed E-state index contributed by atoms with van der Waals surface area (Å²) in [7, 11) is 1.47. The molecular formula is C16H16F4N2O. The molecule has 2 atom stereocenters. The topological polar surface area (TPSA) is 36.4 Å². The van der Waals surface area contributed by atoms with E-state index in [0.717, 1.165) is 0 Å². The van der Waals surface area contributed by atoms with Gasteiger partial charge in [-0.2, -0.15) is 13.2 Å². The van der Waals surface area contributed by atoms with Crippen molar-refractivity contribution < 1.29 is 22.7 Å². The van der Waals surface area contributed by atoms with E-state index in [1.54, 1.807) is 18.3 Å². The van der Waals surface area contributed by atoms with Crippen molar-refractivity contribution in [2.75, 3.05) is 13.6 Å². The Hall–Kier alpha value is -1.99. The first-order chi connectivity index (χ1) is 10.8. The monoisotopic (exact) mass is 328 g/mol. The second-order valence-electron chi connectivity index (χ2n) is 5.24. The quantitative estimate of drug-likeness (QED) is 0.857. The summed E-state index contributed by atoms with van der Waals surface area (Å²) in [6, 6.07) is 8.30. The fourth-order valence-corrected chi connectivity index (χ4v) is 2.37. The van der Waals surface area contributed by atoms with Gasteiger partial charge in [-0.05, 0) is 36.4 Å². The maximum absolute atomic E-state index is 13.1. The molecule has 0 bridgehead atoms. The normalized spacial score (nSPS) is 14.7. The second-order valence-corrected chi connectivity index (χ2v) is 5.24. The molecule has 0 aliphatic heterocycles. The zero-order valence-corrected chi connectivity index (χ0v) is 12.3. The van der Waals surface area contributed by atoms with Gasteiger partial charge >= 0.3 is 6.18 Å². The number of rotatable bonds is 5. The Morgan fingerprint density at radius 3 is 2.30 bits per heavy atom. The van der Waals surface area contributed by atoms with Crippen molar-refractivity contribution in [3.05, 3.63) is 65.7 Å². The van der Waals surface area contributed by atoms with Gasteiger partial charge in [-0.15, -0.1) is 0 Å². The lowest BCUT2D eigenvalue weighted by Gasteiger charge is -2.31. The number of likely N-dealkylation sites (N-methyl/N-ethyl adjacent to an activating group) is 1. The summed E-state index contributed by atoms with van der Waals surface area (Å²) in [5.41, 5.74) is 1.26. The predicted molar refractivity (Wildman–Crippen MR) is 77.2 cm³/mol. The van der Waals surface area contributed by atoms with Gasteiger partial charge in [-0.25, -0.2) is 4.39 Å². The third-order valence-corrected chi connectivity index (χ3v) is 3.47. The van der Waals surface area contributed by atoms with Crippen LogP contribution in [0.5, 0.6) is 0 Å². The molecular weight excluding hydrogens is 312 g/mol. The fourth-order valence-electron chi connectivity index (χ4n) is 2.37. The van der Waals surface area contributed by atoms with E-state index in [-0.39, 0.29) is 0 Å². The molecule has 1 aromatic carbocycles. The van der Waals surface area contributed by atoms with Crippen molar-refractivity contribution in [1.29, 1.82) is 0 Å². The Kier molecular flexibility index (Phi) is 5.33. The highest BCUT2D eigenvalue weighted by atomic mass is 19.4. The number of hydrogen-bond acceptors (Lipinski definition) is 3. The average molecular weight is 328 g/mol. The molecule has 0 radical (unpaired) electrons. The minimum atomic E-state index is -4.70. The molecule has 124 valence electrons. The number of hydrogen-bond donors (Lipinski definition) is 1. The molecule has 0 unspecified atom stereocenters. The summed E-state index contributed by atoms with van der Waals surface area (Å²) in [6.07, 6.45) is -4.08. The van der Waals surface area contributed by atoms with Crippen LogP contribution in [0.1, 0.15) is 17.2 Å². The van der Waals surface area contributed by atoms with Crippen molar-refractivity contribution in [3.8, 4) is 0 Å². The second kappa shape index (κ2) is 7.06. The minimum Gasteiger partial charge on any atom is -0.382 e. The van der Waals surface area contributed by atoms with E-state index in [9.17, 15) is 22.7 Å². The first kappa shape index (κ1) is 17.4. The number of halogens is 4. The van der Waals surface area contributed by atoms with Gasteiger partial charge in [0, 0.05) is 18.9 Å². The fraction of sp³-hybridized carbons (Fsp3) is 0.312. The van der Waals surface area contributed by atoms with E-state index in [1.165, 1.54) is 42.4 Å². The molecule has 1 heterocycles. The van der Waals surface area contributed by atoms with Crippen LogP contribution in [0.3, 0.4) is 0 Å². The summed E-state index contributed by atoms with van der Waals surface area (Å²) in [5, 5.41) is 9.30. The first-order valence-corrected chi connectivity index (χ1v) is 6.89. The number of pyridine rings is 1. The standard InChI is InChI=1S/C16H16F4N2O/c1-22(10-14(23)16(18,19)20)15(12-3-2-8-21-9-12)11-4-6-13(17)7-5-11/h2-9,14-15,23H,10H2,1H3/t14-,15-/m0/s1. The average Bonchev–Trinajstić information content (AvgIpc) is 2.49. The molecule has 7 heteroatoms. The van der Waals surface area contributed by atoms with Crippen LogP contribution in [-0.4, -0.2) is 40.9 Å². The molecule has 0 aliphatic rings. The Bertz CT molecular complexity index is 616. The molecule has 2 rings (SSSR count). The molecule has 0 spiro atoms. The van der Waals surface area contributed by atoms with Gasteiger partial charge in [-0.3, -0.25) is 9.88 Å². The van der Waals surface area contributed by atoms with Crippen LogP contribution < -0.4 is 0 Å². The molecule has 0 saturated heterocycles. The Balaban J connectivity index is 2.32. The zero-order valence-electron chi connectivity index (χ0n) is 12.3. The molecule has 0 amide bonds. The molecule has 1 aromatic heterocycles. The predicted octanol–water partition coefficient (Wildman–Crippen LogP) is 3.17. The number of aliphatic hydroxyl groups is 1. The van der Waals surface area contributed by atoms with E-state index in [1.807, 2.05) is 0 Å². The zero-order chi connectivity index (χ0) is 17.0. The van der Waals surface area contributed by atoms with Gasteiger partial charge in [0.05, 0.1) is 6.04 Å². The minimum absolute atomic E-state index is 0.434. The number of aromatic nitrogens is 1. The van der Waals surface area contributed by atoms with E-state index < -0.39 is 30.7 Å². The molecule has 3 nitrogen and oxygen atoms in total. The van der Waals surface area contributed by atoms with Crippen LogP contribution in [-0.2, 0) is 0 Å². The Labute approximate surface area is 131 Å². The van der Waals surface area contributed by atoms with Gasteiger partial charge < -0.3 is 5.11 Å². The van der Waals surface area contributed by atoms with Crippen molar-refractivity contribution in [1.82, 2.24) is 9.88 Å². The SMILES string of the molecule is CN(C[C@H](O)C(F)(F)F)[C@@H](c1ccc(F)cc1)c1cccnc1. The molecule has 0 aliphatic carbocycles. The number of alkyl halides is 3. The van der Waals surface area contributed by atoms with E-state index in [0.29, 0.717) is 11.1 Å². The molecule has 1 N–H and O–H groups in total. The van der Waals surface area contributed by atoms with E-state index in [2.05, 4.69) is 4.98 Å². The number of nitrogens with zero attached hydrogens (tertiary/aromatic N) is 2. The van der Waals surface area contributed by atoms with Gasteiger partial charge in [-0.1, -0.05) is 18.2 Å². The van der Waals surface area contributed by atoms with Crippen molar-refractivity contribution in [2.45, 2.75) is 18.3 Å². The summed E-state index contributed by atoms with van der Waals surface area (Å²) in [4.78, 5) is 5.34. The summed E-state index contributed by atoms with van der Waals surface area (Å²) in [6.45, 7) is -0.611. The van der Waals surface area contributed by atoms with Gasteiger partial charge in [0.1, 0.15) is 5.82 Å². The first-order valence-electron chi connectivity index (χ1n) is 6.89. The summed E-state index contributed by atoms with van der Waals surface area (Å²) < 4.78 is 50.9. The summed E-state index contributed by atoms with van der Waals surface area (Å²) >= 11 is 0. The number of aliphatic hydroxyl groups excluding tert-OH is 1. The van der Waals surface area contributed by atoms with Crippen molar-refractivity contribution >= 4 is 0 Å². The van der Waals surface area contributed by atoms with Crippen LogP contribution in [0, 0.1) is 5.82 Å². The van der Waals surface area contributed by atoms with Crippen LogP contribution in [0.25, 0.3) is 0 Å². The highest BCUT2D eigenvalue weighted by Crippen LogP contribution is 2.29. The van der Waals surface area contributed by atoms with Gasteiger partial charge in [0.2, 0.25) is 0 Å². The van der Waals surface area contributed by atoms with E-state index >= 15 is 0 Å². The lowest BCUT2D eigenvalue weighted by Crippen LogP contribution is -2.41. The maximum Gasteiger partial charge on any atom is 0.415 e. The van der Waals surface area contributed by atoms with Crippen LogP contribution in [0.4, 0.5) is 17.6 Å². The lowest BCUT2D eigenvalue weighted by atomic mass is 9.98. The smallest absolute Gasteiger partial charge is 0.382 e. The molecule has 23 heavy (non-hydrogen) atoms. The van der Waals surface area contributed by atoms with E-state index in [4.69, 9.17) is 0 Å². The third kappa shape index (κ3) is 4.49. The number of benzene rings is 1. The Morgan fingerprint density at radius 1 is 1.13 bits per heavy atom. The maximum atomic E-state index is 13.1. The van der Waals surface area contributed by atoms with Crippen LogP contribution >= 0.6 is 0 Å². The van der Waals surface area contributed by atoms with Crippen molar-refractivity contribution in [3.63, 3.8) is 0 Å². The van der Waals surface area contributed by atoms with Gasteiger partial charge in [0.15, 0.2) is 6.10 Å². The Morgan fingerprint density at radius 2 is 1.78 bits per heavy atom. The molecule has 0 fully saturated rings. The van der Waals surface area contributed by atoms with Crippen LogP contribution in [0.15, 0.2) is 48.8 Å². The molecule has 0 saturated carbocycles. The summed E-state index contributed by atoms with van der Waals surface area (Å²) in [5.74, 6) is -0.434. The highest BCUT2D eigenvalue weighted by Gasteiger charge is 2.39. The molecule has 2 aromatic rings. The largest absolute Gasteiger partial charge is 0.415 e. The third-order valence-electron chi connectivity index (χ3n) is 3.47. The van der Waals surface area contributed by atoms with Crippen LogP contribution in [0.2, 0.25) is 0 Å². The highest BCUT2D eigenvalue weighted by molar-refractivity contribution is 5.30. The lowest BCUT2D eigenvalue weighted by molar-refractivity contribution is -0.208.